The van der Waals surface area contributed by atoms with Crippen LogP contribution in [-0.4, -0.2) is 53.9 Å². The summed E-state index contributed by atoms with van der Waals surface area (Å²) in [6, 6.07) is 3.76. The Labute approximate surface area is 209 Å². The summed E-state index contributed by atoms with van der Waals surface area (Å²) >= 11 is 1.45. The normalized spacial score (nSPS) is 15.2. The van der Waals surface area contributed by atoms with Crippen molar-refractivity contribution in [3.8, 4) is 11.1 Å². The SMILES string of the molecule is CCNC(=O)Nc1nc2cc(-c3cnc(NS(=O)(=O)C(C)(C)C)nc3)cc(C3CCOCC3)c2s1. The summed E-state index contributed by atoms with van der Waals surface area (Å²) in [5.74, 6) is 0.333. The number of urea groups is 1. The maximum atomic E-state index is 12.4. The molecule has 10 nitrogen and oxygen atoms in total. The van der Waals surface area contributed by atoms with E-state index in [4.69, 9.17) is 4.74 Å². The quantitative estimate of drug-likeness (QED) is 0.442. The van der Waals surface area contributed by atoms with Gasteiger partial charge in [0.05, 0.1) is 15.0 Å². The van der Waals surface area contributed by atoms with Gasteiger partial charge in [0, 0.05) is 37.7 Å². The first-order chi connectivity index (χ1) is 16.6. The van der Waals surface area contributed by atoms with Crippen molar-refractivity contribution in [2.45, 2.75) is 51.2 Å². The number of rotatable bonds is 6. The molecule has 0 aliphatic carbocycles. The second-order valence-corrected chi connectivity index (χ2v) is 12.8. The molecule has 4 rings (SSSR count). The van der Waals surface area contributed by atoms with Gasteiger partial charge in [0.25, 0.3) is 0 Å². The summed E-state index contributed by atoms with van der Waals surface area (Å²) in [7, 11) is -3.62. The minimum Gasteiger partial charge on any atom is -0.381 e. The fraction of sp³-hybridized carbons (Fsp3) is 0.478. The van der Waals surface area contributed by atoms with Crippen LogP contribution in [-0.2, 0) is 14.8 Å². The van der Waals surface area contributed by atoms with Crippen LogP contribution in [0.2, 0.25) is 0 Å². The van der Waals surface area contributed by atoms with Crippen molar-refractivity contribution < 1.29 is 17.9 Å². The number of aromatic nitrogens is 3. The Morgan fingerprint density at radius 3 is 2.46 bits per heavy atom. The van der Waals surface area contributed by atoms with E-state index in [2.05, 4.69) is 36.4 Å². The predicted molar refractivity (Wildman–Crippen MR) is 138 cm³/mol. The van der Waals surface area contributed by atoms with E-state index >= 15 is 0 Å². The van der Waals surface area contributed by atoms with Gasteiger partial charge in [0.1, 0.15) is 0 Å². The van der Waals surface area contributed by atoms with E-state index in [1.807, 2.05) is 13.0 Å². The lowest BCUT2D eigenvalue weighted by Crippen LogP contribution is -2.34. The van der Waals surface area contributed by atoms with Gasteiger partial charge in [0.2, 0.25) is 16.0 Å². The maximum absolute atomic E-state index is 12.4. The monoisotopic (exact) mass is 518 g/mol. The molecule has 1 aliphatic rings. The molecule has 1 saturated heterocycles. The molecule has 1 fully saturated rings. The standard InChI is InChI=1S/C23H30N6O4S2/c1-5-24-21(30)28-22-27-18-11-15(10-17(19(18)34-22)14-6-8-33-9-7-14)16-12-25-20(26-13-16)29-35(31,32)23(2,3)4/h10-14H,5-9H2,1-4H3,(H,25,26,29)(H2,24,27,28,30). The van der Waals surface area contributed by atoms with E-state index in [9.17, 15) is 13.2 Å². The van der Waals surface area contributed by atoms with Crippen molar-refractivity contribution in [2.24, 2.45) is 0 Å². The summed E-state index contributed by atoms with van der Waals surface area (Å²) in [5, 5.41) is 6.05. The molecule has 2 aromatic heterocycles. The third kappa shape index (κ3) is 5.71. The van der Waals surface area contributed by atoms with Gasteiger partial charge in [-0.2, -0.15) is 0 Å². The van der Waals surface area contributed by atoms with Crippen LogP contribution < -0.4 is 15.4 Å². The van der Waals surface area contributed by atoms with E-state index in [0.29, 0.717) is 30.8 Å². The van der Waals surface area contributed by atoms with Gasteiger partial charge in [-0.15, -0.1) is 0 Å². The molecule has 0 atom stereocenters. The molecule has 1 aliphatic heterocycles. The molecule has 0 bridgehead atoms. The van der Waals surface area contributed by atoms with Gasteiger partial charge in [-0.05, 0) is 69.7 Å². The minimum atomic E-state index is -3.62. The van der Waals surface area contributed by atoms with Gasteiger partial charge in [-0.3, -0.25) is 10.0 Å². The van der Waals surface area contributed by atoms with Gasteiger partial charge >= 0.3 is 6.03 Å². The Morgan fingerprint density at radius 2 is 1.83 bits per heavy atom. The van der Waals surface area contributed by atoms with Gasteiger partial charge in [0.15, 0.2) is 5.13 Å². The fourth-order valence-electron chi connectivity index (χ4n) is 3.70. The molecule has 3 N–H and O–H groups in total. The molecule has 0 spiro atoms. The molecule has 3 aromatic rings. The highest BCUT2D eigenvalue weighted by molar-refractivity contribution is 7.94. The number of hydrogen-bond donors (Lipinski definition) is 3. The van der Waals surface area contributed by atoms with Crippen LogP contribution in [0.5, 0.6) is 0 Å². The van der Waals surface area contributed by atoms with Crippen molar-refractivity contribution >= 4 is 48.7 Å². The Morgan fingerprint density at radius 1 is 1.14 bits per heavy atom. The van der Waals surface area contributed by atoms with Crippen LogP contribution >= 0.6 is 11.3 Å². The number of sulfonamides is 1. The van der Waals surface area contributed by atoms with Crippen LogP contribution in [0.3, 0.4) is 0 Å². The molecule has 0 saturated carbocycles. The third-order valence-corrected chi connectivity index (χ3v) is 8.85. The molecular weight excluding hydrogens is 488 g/mol. The zero-order valence-corrected chi connectivity index (χ0v) is 21.8. The van der Waals surface area contributed by atoms with E-state index in [-0.39, 0.29) is 12.0 Å². The van der Waals surface area contributed by atoms with Gasteiger partial charge in [-0.1, -0.05) is 11.3 Å². The first kappa shape index (κ1) is 25.3. The number of ether oxygens (including phenoxy) is 1. The first-order valence-electron chi connectivity index (χ1n) is 11.5. The van der Waals surface area contributed by atoms with E-state index in [1.54, 1.807) is 33.2 Å². The molecular formula is C23H30N6O4S2. The van der Waals surface area contributed by atoms with Gasteiger partial charge < -0.3 is 10.1 Å². The summed E-state index contributed by atoms with van der Waals surface area (Å²) in [6.07, 6.45) is 5.00. The lowest BCUT2D eigenvalue weighted by Gasteiger charge is -2.23. The highest BCUT2D eigenvalue weighted by Gasteiger charge is 2.29. The highest BCUT2D eigenvalue weighted by Crippen LogP contribution is 2.40. The molecule has 188 valence electrons. The minimum absolute atomic E-state index is 0.0245. The van der Waals surface area contributed by atoms with Crippen LogP contribution in [0.25, 0.3) is 21.3 Å². The first-order valence-corrected chi connectivity index (χ1v) is 13.8. The van der Waals surface area contributed by atoms with Crippen molar-refractivity contribution in [3.05, 3.63) is 30.1 Å². The molecule has 0 unspecified atom stereocenters. The number of amides is 2. The number of nitrogens with zero attached hydrogens (tertiary/aromatic N) is 3. The van der Waals surface area contributed by atoms with Crippen molar-refractivity contribution in [3.63, 3.8) is 0 Å². The zero-order valence-electron chi connectivity index (χ0n) is 20.2. The predicted octanol–water partition coefficient (Wildman–Crippen LogP) is 4.33. The Bertz CT molecular complexity index is 1310. The summed E-state index contributed by atoms with van der Waals surface area (Å²) in [5.41, 5.74) is 3.54. The van der Waals surface area contributed by atoms with Crippen molar-refractivity contribution in [1.82, 2.24) is 20.3 Å². The summed E-state index contributed by atoms with van der Waals surface area (Å²) in [6.45, 7) is 8.61. The zero-order chi connectivity index (χ0) is 25.2. The van der Waals surface area contributed by atoms with Crippen LogP contribution in [0.4, 0.5) is 15.9 Å². The van der Waals surface area contributed by atoms with Crippen LogP contribution in [0.1, 0.15) is 52.0 Å². The number of anilines is 2. The molecule has 2 amide bonds. The van der Waals surface area contributed by atoms with E-state index in [0.717, 1.165) is 39.7 Å². The number of nitrogens with one attached hydrogen (secondary N) is 3. The second kappa shape index (κ2) is 10.0. The number of carbonyl (C=O) groups is 1. The molecule has 12 heteroatoms. The number of carbonyl (C=O) groups excluding carboxylic acids is 1. The largest absolute Gasteiger partial charge is 0.381 e. The highest BCUT2D eigenvalue weighted by atomic mass is 32.2. The fourth-order valence-corrected chi connectivity index (χ4v) is 5.38. The maximum Gasteiger partial charge on any atom is 0.321 e. The number of benzene rings is 1. The summed E-state index contributed by atoms with van der Waals surface area (Å²) in [4.78, 5) is 25.1. The second-order valence-electron chi connectivity index (χ2n) is 9.32. The number of fused-ring (bicyclic) bond motifs is 1. The Kier molecular flexibility index (Phi) is 7.25. The number of hydrogen-bond acceptors (Lipinski definition) is 8. The summed E-state index contributed by atoms with van der Waals surface area (Å²) < 4.78 is 32.9. The smallest absolute Gasteiger partial charge is 0.321 e. The topological polar surface area (TPSA) is 135 Å². The molecule has 3 heterocycles. The third-order valence-electron chi connectivity index (χ3n) is 5.75. The van der Waals surface area contributed by atoms with Crippen molar-refractivity contribution in [1.29, 1.82) is 0 Å². The van der Waals surface area contributed by atoms with E-state index < -0.39 is 14.8 Å². The van der Waals surface area contributed by atoms with Gasteiger partial charge in [-0.25, -0.2) is 28.2 Å². The lowest BCUT2D eigenvalue weighted by atomic mass is 9.89. The molecule has 0 radical (unpaired) electrons. The van der Waals surface area contributed by atoms with Crippen LogP contribution in [0, 0.1) is 0 Å². The Balaban J connectivity index is 1.69. The van der Waals surface area contributed by atoms with Crippen molar-refractivity contribution in [2.75, 3.05) is 29.8 Å². The lowest BCUT2D eigenvalue weighted by molar-refractivity contribution is 0.0856. The Hall–Kier alpha value is -2.83. The molecule has 1 aromatic carbocycles. The average molecular weight is 519 g/mol. The average Bonchev–Trinajstić information content (AvgIpc) is 3.21. The molecule has 35 heavy (non-hydrogen) atoms. The van der Waals surface area contributed by atoms with Crippen LogP contribution in [0.15, 0.2) is 24.5 Å². The number of thiazole rings is 1. The van der Waals surface area contributed by atoms with E-state index in [1.165, 1.54) is 11.3 Å².